The Kier molecular flexibility index (Phi) is 6.82. The Balaban J connectivity index is 1.38. The fourth-order valence-corrected chi connectivity index (χ4v) is 5.88. The lowest BCUT2D eigenvalue weighted by molar-refractivity contribution is 0.103. The lowest BCUT2D eigenvalue weighted by Crippen LogP contribution is -2.38. The summed E-state index contributed by atoms with van der Waals surface area (Å²) < 4.78 is 0. The van der Waals surface area contributed by atoms with Gasteiger partial charge in [0.2, 0.25) is 0 Å². The molecule has 0 aliphatic heterocycles. The topological polar surface area (TPSA) is 67.6 Å². The van der Waals surface area contributed by atoms with Gasteiger partial charge in [0.1, 0.15) is 0 Å². The van der Waals surface area contributed by atoms with Gasteiger partial charge in [-0.1, -0.05) is 84.9 Å². The highest BCUT2D eigenvalue weighted by Crippen LogP contribution is 2.51. The smallest absolute Gasteiger partial charge is 0.193 e. The molecule has 2 aromatic heterocycles. The molecule has 0 spiro atoms. The number of rotatable bonds is 6. The molecule has 0 fully saturated rings. The van der Waals surface area contributed by atoms with Gasteiger partial charge in [-0.2, -0.15) is 0 Å². The molecule has 5 heteroatoms. The van der Waals surface area contributed by atoms with E-state index in [1.165, 1.54) is 0 Å². The number of pyridine rings is 2. The molecule has 7 rings (SSSR count). The number of ketones is 1. The highest BCUT2D eigenvalue weighted by Gasteiger charge is 2.46. The van der Waals surface area contributed by atoms with E-state index in [0.717, 1.165) is 45.0 Å². The average molecular weight is 555 g/mol. The summed E-state index contributed by atoms with van der Waals surface area (Å²) >= 11 is 0. The molecule has 1 aliphatic rings. The zero-order valence-corrected chi connectivity index (χ0v) is 23.2. The van der Waals surface area contributed by atoms with E-state index >= 15 is 0 Å². The Morgan fingerprint density at radius 2 is 0.907 bits per heavy atom. The number of aromatic nitrogens is 2. The maximum absolute atomic E-state index is 13.8. The van der Waals surface area contributed by atoms with Gasteiger partial charge in [-0.05, 0) is 70.8 Å². The van der Waals surface area contributed by atoms with E-state index in [-0.39, 0.29) is 5.78 Å². The van der Waals surface area contributed by atoms with Crippen LogP contribution in [0.3, 0.4) is 0 Å². The van der Waals surface area contributed by atoms with E-state index in [1.807, 2.05) is 97.1 Å². The van der Waals surface area contributed by atoms with Gasteiger partial charge in [0.15, 0.2) is 5.78 Å². The van der Waals surface area contributed by atoms with Crippen molar-refractivity contribution in [3.8, 4) is 0 Å². The fourth-order valence-electron chi connectivity index (χ4n) is 5.88. The summed E-state index contributed by atoms with van der Waals surface area (Å²) in [6.07, 6.45) is 7.03. The van der Waals surface area contributed by atoms with Crippen LogP contribution in [0.1, 0.15) is 49.6 Å². The molecule has 204 valence electrons. The van der Waals surface area contributed by atoms with E-state index in [2.05, 4.69) is 56.4 Å². The van der Waals surface area contributed by atoms with E-state index < -0.39 is 5.41 Å². The second-order valence-electron chi connectivity index (χ2n) is 10.3. The molecule has 2 heterocycles. The molecule has 5 nitrogen and oxygen atoms in total. The van der Waals surface area contributed by atoms with Gasteiger partial charge in [0.25, 0.3) is 0 Å². The summed E-state index contributed by atoms with van der Waals surface area (Å²) in [5.74, 6) is 0.0370. The summed E-state index contributed by atoms with van der Waals surface area (Å²) in [5, 5.41) is 0. The van der Waals surface area contributed by atoms with Crippen LogP contribution >= 0.6 is 0 Å². The predicted molar refractivity (Wildman–Crippen MR) is 171 cm³/mol. The van der Waals surface area contributed by atoms with Crippen molar-refractivity contribution in [3.63, 3.8) is 0 Å². The Morgan fingerprint density at radius 3 is 1.33 bits per heavy atom. The average Bonchev–Trinajstić information content (AvgIpc) is 3.09. The van der Waals surface area contributed by atoms with Crippen LogP contribution in [0.25, 0.3) is 0 Å². The second kappa shape index (κ2) is 11.2. The molecule has 0 amide bonds. The molecule has 4 aromatic carbocycles. The molecular weight excluding hydrogens is 528 g/mol. The van der Waals surface area contributed by atoms with Crippen molar-refractivity contribution in [2.45, 2.75) is 5.41 Å². The van der Waals surface area contributed by atoms with E-state index in [9.17, 15) is 4.79 Å². The van der Waals surface area contributed by atoms with Crippen molar-refractivity contribution in [3.05, 3.63) is 191 Å². The van der Waals surface area contributed by atoms with Crippen molar-refractivity contribution in [1.82, 2.24) is 9.97 Å². The molecule has 1 aliphatic carbocycles. The monoisotopic (exact) mass is 554 g/mol. The first-order chi connectivity index (χ1) is 21.2. The third-order valence-corrected chi connectivity index (χ3v) is 7.82. The normalized spacial score (nSPS) is 13.6. The Hall–Kier alpha value is -5.81. The Bertz CT molecular complexity index is 1820. The third kappa shape index (κ3) is 4.77. The molecular formula is C38H26N4O. The SMILES string of the molecule is O=C1c2ccccc2C(c2ccc(N=Cc3ccccn3)cc2)(c2ccc(N=Cc3ccccn3)cc2)c2ccccc21. The van der Waals surface area contributed by atoms with Crippen LogP contribution in [0.2, 0.25) is 0 Å². The first-order valence-corrected chi connectivity index (χ1v) is 14.1. The van der Waals surface area contributed by atoms with Crippen LogP contribution in [0.5, 0.6) is 0 Å². The van der Waals surface area contributed by atoms with Gasteiger partial charge in [0.05, 0.1) is 40.6 Å². The molecule has 43 heavy (non-hydrogen) atoms. The summed E-state index contributed by atoms with van der Waals surface area (Å²) in [6, 6.07) is 43.9. The fraction of sp³-hybridized carbons (Fsp3) is 0.0263. The van der Waals surface area contributed by atoms with Gasteiger partial charge in [-0.3, -0.25) is 24.7 Å². The van der Waals surface area contributed by atoms with Crippen LogP contribution in [-0.4, -0.2) is 28.2 Å². The van der Waals surface area contributed by atoms with Crippen LogP contribution < -0.4 is 0 Å². The Labute approximate surface area is 250 Å². The van der Waals surface area contributed by atoms with Crippen molar-refractivity contribution >= 4 is 29.6 Å². The predicted octanol–water partition coefficient (Wildman–Crippen LogP) is 7.90. The van der Waals surface area contributed by atoms with E-state index in [1.54, 1.807) is 24.8 Å². The first kappa shape index (κ1) is 26.1. The summed E-state index contributed by atoms with van der Waals surface area (Å²) in [6.45, 7) is 0. The van der Waals surface area contributed by atoms with Crippen LogP contribution in [-0.2, 0) is 5.41 Å². The zero-order chi connectivity index (χ0) is 29.1. The highest BCUT2D eigenvalue weighted by molar-refractivity contribution is 6.14. The maximum Gasteiger partial charge on any atom is 0.193 e. The van der Waals surface area contributed by atoms with Crippen molar-refractivity contribution in [2.75, 3.05) is 0 Å². The third-order valence-electron chi connectivity index (χ3n) is 7.82. The summed E-state index contributed by atoms with van der Waals surface area (Å²) in [4.78, 5) is 31.7. The molecule has 0 unspecified atom stereocenters. The molecule has 0 saturated carbocycles. The summed E-state index contributed by atoms with van der Waals surface area (Å²) in [7, 11) is 0. The molecule has 0 N–H and O–H groups in total. The van der Waals surface area contributed by atoms with Crippen LogP contribution in [0.4, 0.5) is 11.4 Å². The van der Waals surface area contributed by atoms with Crippen molar-refractivity contribution in [2.24, 2.45) is 9.98 Å². The van der Waals surface area contributed by atoms with Gasteiger partial charge in [-0.25, -0.2) is 0 Å². The standard InChI is InChI=1S/C38H26N4O/c43-37-33-11-1-3-13-35(33)38(36-14-4-2-12-34(36)37,27-15-19-29(20-16-27)41-25-31-9-5-7-23-39-31)28-17-21-30(22-18-28)42-26-32-10-6-8-24-40-32/h1-26H. The van der Waals surface area contributed by atoms with Gasteiger partial charge < -0.3 is 0 Å². The number of hydrogen-bond donors (Lipinski definition) is 0. The lowest BCUT2D eigenvalue weighted by atomic mass is 9.59. The number of fused-ring (bicyclic) bond motifs is 2. The second-order valence-corrected chi connectivity index (χ2v) is 10.3. The van der Waals surface area contributed by atoms with Crippen molar-refractivity contribution < 1.29 is 4.79 Å². The van der Waals surface area contributed by atoms with Gasteiger partial charge >= 0.3 is 0 Å². The van der Waals surface area contributed by atoms with Crippen molar-refractivity contribution in [1.29, 1.82) is 0 Å². The molecule has 6 aromatic rings. The lowest BCUT2D eigenvalue weighted by Gasteiger charge is -2.41. The van der Waals surface area contributed by atoms with Gasteiger partial charge in [0, 0.05) is 23.5 Å². The number of aliphatic imine (C=N–C) groups is 2. The molecule has 0 bridgehead atoms. The van der Waals surface area contributed by atoms with Crippen LogP contribution in [0.15, 0.2) is 156 Å². The largest absolute Gasteiger partial charge is 0.289 e. The number of carbonyl (C=O) groups excluding carboxylic acids is 1. The number of carbonyl (C=O) groups is 1. The number of nitrogens with zero attached hydrogens (tertiary/aromatic N) is 4. The van der Waals surface area contributed by atoms with Gasteiger partial charge in [-0.15, -0.1) is 0 Å². The van der Waals surface area contributed by atoms with E-state index in [0.29, 0.717) is 11.1 Å². The Morgan fingerprint density at radius 1 is 0.488 bits per heavy atom. The minimum Gasteiger partial charge on any atom is -0.289 e. The maximum atomic E-state index is 13.8. The minimum atomic E-state index is -0.729. The summed E-state index contributed by atoms with van der Waals surface area (Å²) in [5.41, 5.74) is 7.89. The number of hydrogen-bond acceptors (Lipinski definition) is 5. The molecule has 0 radical (unpaired) electrons. The van der Waals surface area contributed by atoms with E-state index in [4.69, 9.17) is 0 Å². The zero-order valence-electron chi connectivity index (χ0n) is 23.2. The quantitative estimate of drug-likeness (QED) is 0.196. The molecule has 0 saturated heterocycles. The number of benzene rings is 4. The highest BCUT2D eigenvalue weighted by atomic mass is 16.1. The first-order valence-electron chi connectivity index (χ1n) is 14.1. The van der Waals surface area contributed by atoms with Crippen LogP contribution in [0, 0.1) is 0 Å². The molecule has 0 atom stereocenters. The minimum absolute atomic E-state index is 0.0370.